The van der Waals surface area contributed by atoms with Gasteiger partial charge in [-0.05, 0) is 30.2 Å². The fraction of sp³-hybridized carbons (Fsp3) is 0.350. The molecule has 1 heterocycles. The number of methoxy groups -OCH3 is 2. The zero-order valence-corrected chi connectivity index (χ0v) is 16.5. The molecule has 2 aromatic rings. The molecule has 1 aliphatic heterocycles. The fourth-order valence-corrected chi connectivity index (χ4v) is 4.78. The van der Waals surface area contributed by atoms with Crippen LogP contribution in [-0.4, -0.2) is 43.9 Å². The third-order valence-electron chi connectivity index (χ3n) is 4.51. The summed E-state index contributed by atoms with van der Waals surface area (Å²) < 4.78 is 10.7. The second-order valence-corrected chi connectivity index (χ2v) is 7.72. The molecule has 1 amide bonds. The highest BCUT2D eigenvalue weighted by Gasteiger charge is 2.26. The summed E-state index contributed by atoms with van der Waals surface area (Å²) in [5.74, 6) is 1.89. The zero-order chi connectivity index (χ0) is 18.5. The van der Waals surface area contributed by atoms with E-state index in [-0.39, 0.29) is 5.91 Å². The zero-order valence-electron chi connectivity index (χ0n) is 14.9. The quantitative estimate of drug-likeness (QED) is 0.758. The van der Waals surface area contributed by atoms with Gasteiger partial charge in [0.15, 0.2) is 11.5 Å². The molecular formula is C20H22ClNO3S. The predicted molar refractivity (Wildman–Crippen MR) is 107 cm³/mol. The summed E-state index contributed by atoms with van der Waals surface area (Å²) in [6.45, 7) is 1.38. The lowest BCUT2D eigenvalue weighted by Gasteiger charge is -2.22. The monoisotopic (exact) mass is 391 g/mol. The van der Waals surface area contributed by atoms with Crippen molar-refractivity contribution in [3.63, 3.8) is 0 Å². The molecular weight excluding hydrogens is 370 g/mol. The molecule has 1 saturated heterocycles. The minimum Gasteiger partial charge on any atom is -0.493 e. The minimum absolute atomic E-state index is 0.0267. The van der Waals surface area contributed by atoms with Gasteiger partial charge in [0, 0.05) is 29.1 Å². The topological polar surface area (TPSA) is 38.8 Å². The van der Waals surface area contributed by atoms with Gasteiger partial charge in [-0.15, -0.1) is 0 Å². The number of ether oxygens (including phenoxy) is 2. The molecule has 1 fully saturated rings. The van der Waals surface area contributed by atoms with Crippen molar-refractivity contribution in [2.45, 2.75) is 11.7 Å². The molecule has 1 aliphatic rings. The van der Waals surface area contributed by atoms with Gasteiger partial charge in [0.05, 0.1) is 19.8 Å². The van der Waals surface area contributed by atoms with Crippen molar-refractivity contribution >= 4 is 29.3 Å². The molecule has 0 aliphatic carbocycles. The van der Waals surface area contributed by atoms with E-state index >= 15 is 0 Å². The number of hydrogen-bond donors (Lipinski definition) is 0. The van der Waals surface area contributed by atoms with E-state index in [1.807, 2.05) is 40.9 Å². The molecule has 0 N–H and O–H groups in total. The number of hydrogen-bond acceptors (Lipinski definition) is 4. The van der Waals surface area contributed by atoms with Crippen LogP contribution in [0.15, 0.2) is 42.5 Å². The Morgan fingerprint density at radius 2 is 1.92 bits per heavy atom. The van der Waals surface area contributed by atoms with Gasteiger partial charge in [0.25, 0.3) is 5.91 Å². The number of carbonyl (C=O) groups excluding carboxylic acids is 1. The van der Waals surface area contributed by atoms with Crippen LogP contribution in [0.4, 0.5) is 0 Å². The lowest BCUT2D eigenvalue weighted by molar-refractivity contribution is 0.0762. The molecule has 138 valence electrons. The summed E-state index contributed by atoms with van der Waals surface area (Å²) in [6, 6.07) is 13.3. The van der Waals surface area contributed by atoms with Gasteiger partial charge in [-0.1, -0.05) is 35.9 Å². The first kappa shape index (κ1) is 18.9. The molecule has 3 rings (SSSR count). The van der Waals surface area contributed by atoms with Crippen LogP contribution < -0.4 is 9.47 Å². The molecule has 2 aromatic carbocycles. The van der Waals surface area contributed by atoms with Crippen molar-refractivity contribution in [3.05, 3.63) is 58.6 Å². The van der Waals surface area contributed by atoms with Crippen LogP contribution in [0.2, 0.25) is 5.02 Å². The largest absolute Gasteiger partial charge is 0.493 e. The molecule has 0 aromatic heterocycles. The number of benzene rings is 2. The Bertz CT molecular complexity index is 783. The summed E-state index contributed by atoms with van der Waals surface area (Å²) in [6.07, 6.45) is 0.867. The number of thioether (sulfide) groups is 1. The fourth-order valence-electron chi connectivity index (χ4n) is 3.18. The summed E-state index contributed by atoms with van der Waals surface area (Å²) >= 11 is 8.21. The molecule has 1 unspecified atom stereocenters. The Morgan fingerprint density at radius 1 is 1.12 bits per heavy atom. The maximum atomic E-state index is 13.1. The van der Waals surface area contributed by atoms with Gasteiger partial charge in [0.1, 0.15) is 0 Å². The Morgan fingerprint density at radius 3 is 2.65 bits per heavy atom. The van der Waals surface area contributed by atoms with Crippen molar-refractivity contribution in [1.29, 1.82) is 0 Å². The lowest BCUT2D eigenvalue weighted by atomic mass is 10.1. The number of halogens is 1. The number of rotatable bonds is 4. The lowest BCUT2D eigenvalue weighted by Crippen LogP contribution is -2.33. The molecule has 0 bridgehead atoms. The van der Waals surface area contributed by atoms with Crippen LogP contribution >= 0.6 is 23.4 Å². The Balaban J connectivity index is 1.77. The van der Waals surface area contributed by atoms with Gasteiger partial charge in [-0.3, -0.25) is 4.79 Å². The molecule has 4 nitrogen and oxygen atoms in total. The highest BCUT2D eigenvalue weighted by atomic mass is 35.5. The Labute approximate surface area is 163 Å². The predicted octanol–water partition coefficient (Wildman–Crippen LogP) is 4.68. The van der Waals surface area contributed by atoms with Crippen LogP contribution in [0.1, 0.15) is 27.6 Å². The summed E-state index contributed by atoms with van der Waals surface area (Å²) in [7, 11) is 3.13. The maximum Gasteiger partial charge on any atom is 0.257 e. The minimum atomic E-state index is -0.0267. The molecule has 26 heavy (non-hydrogen) atoms. The summed E-state index contributed by atoms with van der Waals surface area (Å²) in [5.41, 5.74) is 1.68. The average Bonchev–Trinajstić information content (AvgIpc) is 2.93. The van der Waals surface area contributed by atoms with E-state index in [0.29, 0.717) is 35.4 Å². The van der Waals surface area contributed by atoms with Gasteiger partial charge < -0.3 is 14.4 Å². The highest BCUT2D eigenvalue weighted by molar-refractivity contribution is 7.99. The second-order valence-electron chi connectivity index (χ2n) is 6.00. The average molecular weight is 392 g/mol. The Hall–Kier alpha value is -1.85. The van der Waals surface area contributed by atoms with Gasteiger partial charge in [-0.25, -0.2) is 0 Å². The summed E-state index contributed by atoms with van der Waals surface area (Å²) in [5, 5.41) is 1.09. The molecule has 0 spiro atoms. The van der Waals surface area contributed by atoms with Crippen molar-refractivity contribution < 1.29 is 14.3 Å². The number of para-hydroxylation sites is 1. The molecule has 0 saturated carbocycles. The third-order valence-corrected chi connectivity index (χ3v) is 6.17. The van der Waals surface area contributed by atoms with Crippen LogP contribution in [0, 0.1) is 0 Å². The smallest absolute Gasteiger partial charge is 0.257 e. The first-order chi connectivity index (χ1) is 12.7. The van der Waals surface area contributed by atoms with E-state index in [2.05, 4.69) is 6.07 Å². The van der Waals surface area contributed by atoms with Crippen LogP contribution in [0.5, 0.6) is 11.5 Å². The van der Waals surface area contributed by atoms with Crippen molar-refractivity contribution in [3.8, 4) is 11.5 Å². The Kier molecular flexibility index (Phi) is 6.33. The van der Waals surface area contributed by atoms with Gasteiger partial charge in [-0.2, -0.15) is 11.8 Å². The van der Waals surface area contributed by atoms with Crippen molar-refractivity contribution in [2.75, 3.05) is 33.1 Å². The van der Waals surface area contributed by atoms with Gasteiger partial charge >= 0.3 is 0 Å². The van der Waals surface area contributed by atoms with Crippen LogP contribution in [-0.2, 0) is 0 Å². The third kappa shape index (κ3) is 3.94. The van der Waals surface area contributed by atoms with E-state index in [1.165, 1.54) is 0 Å². The number of nitrogens with zero attached hydrogens (tertiary/aromatic N) is 1. The highest BCUT2D eigenvalue weighted by Crippen LogP contribution is 2.38. The standard InChI is InChI=1S/C20H22ClNO3S/c1-24-17-9-5-7-15(19(17)25-2)20(23)22-11-10-18(26-13-12-22)14-6-3-4-8-16(14)21/h3-9,18H,10-13H2,1-2H3. The van der Waals surface area contributed by atoms with E-state index in [0.717, 1.165) is 22.8 Å². The SMILES string of the molecule is COc1cccc(C(=O)N2CCSC(c3ccccc3Cl)CC2)c1OC. The molecule has 1 atom stereocenters. The maximum absolute atomic E-state index is 13.1. The number of amides is 1. The van der Waals surface area contributed by atoms with Crippen molar-refractivity contribution in [2.24, 2.45) is 0 Å². The molecule has 6 heteroatoms. The summed E-state index contributed by atoms with van der Waals surface area (Å²) in [4.78, 5) is 15.0. The van der Waals surface area contributed by atoms with Crippen LogP contribution in [0.3, 0.4) is 0 Å². The number of carbonyl (C=O) groups is 1. The van der Waals surface area contributed by atoms with Gasteiger partial charge in [0.2, 0.25) is 0 Å². The molecule has 0 radical (unpaired) electrons. The van der Waals surface area contributed by atoms with E-state index in [4.69, 9.17) is 21.1 Å². The van der Waals surface area contributed by atoms with E-state index in [9.17, 15) is 4.79 Å². The normalized spacial score (nSPS) is 17.5. The van der Waals surface area contributed by atoms with E-state index in [1.54, 1.807) is 26.4 Å². The van der Waals surface area contributed by atoms with Crippen molar-refractivity contribution in [1.82, 2.24) is 4.90 Å². The first-order valence-electron chi connectivity index (χ1n) is 8.52. The second kappa shape index (κ2) is 8.69. The first-order valence-corrected chi connectivity index (χ1v) is 9.94. The van der Waals surface area contributed by atoms with Crippen LogP contribution in [0.25, 0.3) is 0 Å². The van der Waals surface area contributed by atoms with E-state index < -0.39 is 0 Å².